The van der Waals surface area contributed by atoms with Crippen LogP contribution in [-0.2, 0) is 11.2 Å². The van der Waals surface area contributed by atoms with Gasteiger partial charge < -0.3 is 9.47 Å². The number of hydrogen-bond acceptors (Lipinski definition) is 3. The van der Waals surface area contributed by atoms with Crippen LogP contribution >= 0.6 is 15.9 Å². The van der Waals surface area contributed by atoms with E-state index in [1.165, 1.54) is 0 Å². The first-order chi connectivity index (χ1) is 7.06. The molecule has 1 aliphatic heterocycles. The molecule has 3 nitrogen and oxygen atoms in total. The van der Waals surface area contributed by atoms with Crippen molar-refractivity contribution in [3.05, 3.63) is 22.2 Å². The van der Waals surface area contributed by atoms with Gasteiger partial charge in [-0.1, -0.05) is 0 Å². The summed E-state index contributed by atoms with van der Waals surface area (Å²) in [7, 11) is 0. The summed E-state index contributed by atoms with van der Waals surface area (Å²) in [6, 6.07) is 3.63. The molecule has 0 spiro atoms. The van der Waals surface area contributed by atoms with Gasteiger partial charge in [0.1, 0.15) is 11.5 Å². The number of esters is 1. The molecule has 0 radical (unpaired) electrons. The first kappa shape index (κ1) is 10.5. The molecule has 80 valence electrons. The second-order valence-electron chi connectivity index (χ2n) is 3.71. The third kappa shape index (κ3) is 2.15. The monoisotopic (exact) mass is 270 g/mol. The quantitative estimate of drug-likeness (QED) is 0.612. The molecule has 0 N–H and O–H groups in total. The Morgan fingerprint density at radius 3 is 2.87 bits per heavy atom. The topological polar surface area (TPSA) is 35.5 Å². The lowest BCUT2D eigenvalue weighted by molar-refractivity contribution is -0.131. The second kappa shape index (κ2) is 3.85. The summed E-state index contributed by atoms with van der Waals surface area (Å²) in [6.45, 7) is 3.90. The Balaban J connectivity index is 2.35. The summed E-state index contributed by atoms with van der Waals surface area (Å²) in [4.78, 5) is 11.1. The highest BCUT2D eigenvalue weighted by Gasteiger charge is 2.22. The number of hydrogen-bond donors (Lipinski definition) is 0. The minimum absolute atomic E-state index is 0.0939. The first-order valence-corrected chi connectivity index (χ1v) is 5.55. The van der Waals surface area contributed by atoms with Gasteiger partial charge in [0.15, 0.2) is 0 Å². The van der Waals surface area contributed by atoms with Gasteiger partial charge in [-0.15, -0.1) is 0 Å². The van der Waals surface area contributed by atoms with E-state index in [9.17, 15) is 4.79 Å². The third-order valence-electron chi connectivity index (χ3n) is 2.04. The predicted molar refractivity (Wildman–Crippen MR) is 59.2 cm³/mol. The zero-order valence-corrected chi connectivity index (χ0v) is 10.1. The zero-order valence-electron chi connectivity index (χ0n) is 8.54. The summed E-state index contributed by atoms with van der Waals surface area (Å²) in [6.07, 6.45) is 0.437. The van der Waals surface area contributed by atoms with Gasteiger partial charge in [-0.2, -0.15) is 0 Å². The molecule has 0 atom stereocenters. The van der Waals surface area contributed by atoms with E-state index in [1.807, 2.05) is 19.9 Å². The smallest absolute Gasteiger partial charge is 0.315 e. The van der Waals surface area contributed by atoms with Crippen LogP contribution < -0.4 is 9.47 Å². The summed E-state index contributed by atoms with van der Waals surface area (Å²) in [5, 5.41) is 0. The standard InChI is InChI=1S/C11H11BrO3/c1-6(2)14-10-5-9-7(3-8(10)12)4-11(13)15-9/h3,5-6H,4H2,1-2H3. The highest BCUT2D eigenvalue weighted by molar-refractivity contribution is 9.10. The number of halogens is 1. The van der Waals surface area contributed by atoms with Crippen molar-refractivity contribution >= 4 is 21.9 Å². The first-order valence-electron chi connectivity index (χ1n) is 4.76. The van der Waals surface area contributed by atoms with Crippen molar-refractivity contribution in [2.75, 3.05) is 0 Å². The maximum atomic E-state index is 11.1. The number of ether oxygens (including phenoxy) is 2. The van der Waals surface area contributed by atoms with Crippen LogP contribution in [0.3, 0.4) is 0 Å². The van der Waals surface area contributed by atoms with Gasteiger partial charge in [-0.3, -0.25) is 4.79 Å². The summed E-state index contributed by atoms with van der Waals surface area (Å²) in [5.41, 5.74) is 0.906. The van der Waals surface area contributed by atoms with E-state index in [-0.39, 0.29) is 12.1 Å². The van der Waals surface area contributed by atoms with Gasteiger partial charge >= 0.3 is 5.97 Å². The minimum atomic E-state index is -0.210. The fraction of sp³-hybridized carbons (Fsp3) is 0.364. The van der Waals surface area contributed by atoms with Crippen LogP contribution in [0, 0.1) is 0 Å². The number of benzene rings is 1. The SMILES string of the molecule is CC(C)Oc1cc2c(cc1Br)CC(=O)O2. The summed E-state index contributed by atoms with van der Waals surface area (Å²) < 4.78 is 11.5. The van der Waals surface area contributed by atoms with Crippen LogP contribution in [0.25, 0.3) is 0 Å². The molecule has 0 saturated carbocycles. The normalized spacial score (nSPS) is 14.0. The Morgan fingerprint density at radius 1 is 1.47 bits per heavy atom. The van der Waals surface area contributed by atoms with E-state index in [2.05, 4.69) is 15.9 Å². The average molecular weight is 271 g/mol. The van der Waals surface area contributed by atoms with E-state index in [0.717, 1.165) is 10.0 Å². The molecular formula is C11H11BrO3. The minimum Gasteiger partial charge on any atom is -0.490 e. The van der Waals surface area contributed by atoms with Crippen LogP contribution in [0.15, 0.2) is 16.6 Å². The van der Waals surface area contributed by atoms with Crippen molar-refractivity contribution in [2.45, 2.75) is 26.4 Å². The molecule has 1 heterocycles. The highest BCUT2D eigenvalue weighted by atomic mass is 79.9. The molecule has 1 aromatic carbocycles. The predicted octanol–water partition coefficient (Wildman–Crippen LogP) is 2.70. The van der Waals surface area contributed by atoms with Crippen LogP contribution in [0.1, 0.15) is 19.4 Å². The molecule has 15 heavy (non-hydrogen) atoms. The van der Waals surface area contributed by atoms with Gasteiger partial charge in [-0.25, -0.2) is 0 Å². The molecule has 4 heteroatoms. The van der Waals surface area contributed by atoms with Crippen molar-refractivity contribution in [3.63, 3.8) is 0 Å². The zero-order chi connectivity index (χ0) is 11.0. The molecular weight excluding hydrogens is 260 g/mol. The molecule has 0 fully saturated rings. The van der Waals surface area contributed by atoms with Crippen molar-refractivity contribution in [1.29, 1.82) is 0 Å². The fourth-order valence-corrected chi connectivity index (χ4v) is 1.95. The molecule has 0 unspecified atom stereocenters. The molecule has 1 aromatic rings. The molecule has 0 saturated heterocycles. The van der Waals surface area contributed by atoms with Crippen LogP contribution in [0.5, 0.6) is 11.5 Å². The Hall–Kier alpha value is -1.03. The summed E-state index contributed by atoms with van der Waals surface area (Å²) >= 11 is 3.41. The molecule has 0 amide bonds. The fourth-order valence-electron chi connectivity index (χ4n) is 1.47. The number of rotatable bonds is 2. The Kier molecular flexibility index (Phi) is 2.69. The van der Waals surface area contributed by atoms with Gasteiger partial charge in [0.25, 0.3) is 0 Å². The van der Waals surface area contributed by atoms with Crippen LogP contribution in [-0.4, -0.2) is 12.1 Å². The van der Waals surface area contributed by atoms with Crippen molar-refractivity contribution in [2.24, 2.45) is 0 Å². The van der Waals surface area contributed by atoms with E-state index < -0.39 is 0 Å². The molecule has 0 aliphatic carbocycles. The third-order valence-corrected chi connectivity index (χ3v) is 2.66. The Bertz CT molecular complexity index is 413. The lowest BCUT2D eigenvalue weighted by atomic mass is 10.1. The molecule has 0 bridgehead atoms. The largest absolute Gasteiger partial charge is 0.490 e. The number of carbonyl (C=O) groups excluding carboxylic acids is 1. The molecule has 2 rings (SSSR count). The number of carbonyl (C=O) groups is 1. The Labute approximate surface area is 96.5 Å². The van der Waals surface area contributed by atoms with Crippen molar-refractivity contribution < 1.29 is 14.3 Å². The molecule has 0 aromatic heterocycles. The second-order valence-corrected chi connectivity index (χ2v) is 4.56. The van der Waals surface area contributed by atoms with E-state index >= 15 is 0 Å². The summed E-state index contributed by atoms with van der Waals surface area (Å²) in [5.74, 6) is 1.11. The lowest BCUT2D eigenvalue weighted by Crippen LogP contribution is -2.06. The van der Waals surface area contributed by atoms with E-state index in [1.54, 1.807) is 6.07 Å². The van der Waals surface area contributed by atoms with Gasteiger partial charge in [0, 0.05) is 11.6 Å². The number of fused-ring (bicyclic) bond motifs is 1. The van der Waals surface area contributed by atoms with Crippen molar-refractivity contribution in [3.8, 4) is 11.5 Å². The molecule has 1 aliphatic rings. The average Bonchev–Trinajstić information content (AvgIpc) is 2.44. The van der Waals surface area contributed by atoms with Gasteiger partial charge in [0.05, 0.1) is 17.0 Å². The van der Waals surface area contributed by atoms with Crippen LogP contribution in [0.2, 0.25) is 0 Å². The maximum absolute atomic E-state index is 11.1. The van der Waals surface area contributed by atoms with E-state index in [0.29, 0.717) is 17.9 Å². The van der Waals surface area contributed by atoms with Gasteiger partial charge in [0.2, 0.25) is 0 Å². The van der Waals surface area contributed by atoms with Crippen LogP contribution in [0.4, 0.5) is 0 Å². The van der Waals surface area contributed by atoms with E-state index in [4.69, 9.17) is 9.47 Å². The lowest BCUT2D eigenvalue weighted by Gasteiger charge is -2.12. The maximum Gasteiger partial charge on any atom is 0.315 e. The Morgan fingerprint density at radius 2 is 2.20 bits per heavy atom. The highest BCUT2D eigenvalue weighted by Crippen LogP contribution is 2.36. The van der Waals surface area contributed by atoms with Gasteiger partial charge in [-0.05, 0) is 35.8 Å². The van der Waals surface area contributed by atoms with Crippen molar-refractivity contribution in [1.82, 2.24) is 0 Å².